The third-order valence-electron chi connectivity index (χ3n) is 5.56. The van der Waals surface area contributed by atoms with Crippen molar-refractivity contribution in [3.8, 4) is 0 Å². The summed E-state index contributed by atoms with van der Waals surface area (Å²) in [6.07, 6.45) is 3.85. The Morgan fingerprint density at radius 2 is 1.54 bits per heavy atom. The molecule has 0 spiro atoms. The molecule has 0 bridgehead atoms. The van der Waals surface area contributed by atoms with Gasteiger partial charge in [0, 0.05) is 13.1 Å². The molecule has 2 nitrogen and oxygen atoms in total. The Balaban J connectivity index is 1.36. The summed E-state index contributed by atoms with van der Waals surface area (Å²) < 4.78 is 0. The maximum absolute atomic E-state index is 12.8. The molecule has 0 radical (unpaired) electrons. The van der Waals surface area contributed by atoms with Gasteiger partial charge in [0.1, 0.15) is 0 Å². The van der Waals surface area contributed by atoms with Crippen LogP contribution in [-0.4, -0.2) is 23.9 Å². The van der Waals surface area contributed by atoms with Crippen molar-refractivity contribution in [1.82, 2.24) is 4.90 Å². The van der Waals surface area contributed by atoms with Gasteiger partial charge in [-0.15, -0.1) is 0 Å². The topological polar surface area (TPSA) is 20.3 Å². The van der Waals surface area contributed by atoms with E-state index >= 15 is 0 Å². The van der Waals surface area contributed by atoms with Crippen molar-refractivity contribution in [1.29, 1.82) is 0 Å². The molecule has 1 heterocycles. The van der Waals surface area contributed by atoms with Gasteiger partial charge in [-0.25, -0.2) is 0 Å². The van der Waals surface area contributed by atoms with Crippen LogP contribution < -0.4 is 0 Å². The summed E-state index contributed by atoms with van der Waals surface area (Å²) in [6.45, 7) is 1.78. The number of nitrogens with zero attached hydrogens (tertiary/aromatic N) is 1. The van der Waals surface area contributed by atoms with Crippen LogP contribution in [0.5, 0.6) is 0 Å². The molecule has 1 amide bonds. The minimum atomic E-state index is 0.263. The van der Waals surface area contributed by atoms with E-state index in [1.807, 2.05) is 12.1 Å². The van der Waals surface area contributed by atoms with E-state index in [9.17, 15) is 4.79 Å². The average Bonchev–Trinajstić information content (AvgIpc) is 2.70. The van der Waals surface area contributed by atoms with E-state index in [0.717, 1.165) is 37.9 Å². The number of fused-ring (bicyclic) bond motifs is 1. The standard InChI is InChI=1S/C24H25NO/c26-24(18-22-11-6-10-21-9-4-5-12-23(21)22)25-15-13-20(14-16-25)17-19-7-2-1-3-8-19/h1-12,20H,13-18H2. The predicted octanol–water partition coefficient (Wildman–Crippen LogP) is 4.86. The van der Waals surface area contributed by atoms with Crippen molar-refractivity contribution in [3.05, 3.63) is 83.9 Å². The Bertz CT molecular complexity index is 874. The fraction of sp³-hybridized carbons (Fsp3) is 0.292. The molecule has 2 heteroatoms. The van der Waals surface area contributed by atoms with Crippen LogP contribution in [0.25, 0.3) is 10.8 Å². The molecule has 1 aliphatic rings. The monoisotopic (exact) mass is 343 g/mol. The fourth-order valence-corrected chi connectivity index (χ4v) is 4.06. The summed E-state index contributed by atoms with van der Waals surface area (Å²) in [7, 11) is 0. The highest BCUT2D eigenvalue weighted by molar-refractivity contribution is 5.90. The van der Waals surface area contributed by atoms with Crippen LogP contribution in [0.2, 0.25) is 0 Å². The Labute approximate surface area is 155 Å². The first kappa shape index (κ1) is 16.8. The SMILES string of the molecule is O=C(Cc1cccc2ccccc12)N1CCC(Cc2ccccc2)CC1. The van der Waals surface area contributed by atoms with Gasteiger partial charge in [-0.3, -0.25) is 4.79 Å². The Hall–Kier alpha value is -2.61. The van der Waals surface area contributed by atoms with Crippen LogP contribution in [0.1, 0.15) is 24.0 Å². The molecule has 0 saturated carbocycles. The van der Waals surface area contributed by atoms with Gasteiger partial charge in [-0.2, -0.15) is 0 Å². The van der Waals surface area contributed by atoms with Gasteiger partial charge in [0.2, 0.25) is 5.91 Å². The molecule has 26 heavy (non-hydrogen) atoms. The van der Waals surface area contributed by atoms with Crippen LogP contribution in [0, 0.1) is 5.92 Å². The number of amides is 1. The van der Waals surface area contributed by atoms with Gasteiger partial charge < -0.3 is 4.90 Å². The number of carbonyl (C=O) groups excluding carboxylic acids is 1. The van der Waals surface area contributed by atoms with E-state index in [2.05, 4.69) is 65.6 Å². The molecule has 3 aromatic rings. The van der Waals surface area contributed by atoms with E-state index in [-0.39, 0.29) is 5.91 Å². The summed E-state index contributed by atoms with van der Waals surface area (Å²) in [6, 6.07) is 25.3. The number of rotatable bonds is 4. The van der Waals surface area contributed by atoms with Crippen molar-refractivity contribution < 1.29 is 4.79 Å². The number of piperidine rings is 1. The summed E-state index contributed by atoms with van der Waals surface area (Å²) in [5.41, 5.74) is 2.55. The molecule has 0 aliphatic carbocycles. The van der Waals surface area contributed by atoms with Crippen LogP contribution in [0.4, 0.5) is 0 Å². The molecule has 132 valence electrons. The highest BCUT2D eigenvalue weighted by atomic mass is 16.2. The fourth-order valence-electron chi connectivity index (χ4n) is 4.06. The average molecular weight is 343 g/mol. The van der Waals surface area contributed by atoms with Crippen molar-refractivity contribution in [2.75, 3.05) is 13.1 Å². The predicted molar refractivity (Wildman–Crippen MR) is 107 cm³/mol. The third kappa shape index (κ3) is 3.80. The lowest BCUT2D eigenvalue weighted by Crippen LogP contribution is -2.39. The maximum Gasteiger partial charge on any atom is 0.227 e. The Morgan fingerprint density at radius 1 is 0.846 bits per heavy atom. The lowest BCUT2D eigenvalue weighted by atomic mass is 9.90. The Kier molecular flexibility index (Phi) is 5.01. The van der Waals surface area contributed by atoms with Crippen molar-refractivity contribution in [2.24, 2.45) is 5.92 Å². The second-order valence-electron chi connectivity index (χ2n) is 7.33. The molecule has 4 rings (SSSR count). The first-order valence-electron chi connectivity index (χ1n) is 9.58. The molecule has 1 saturated heterocycles. The summed E-state index contributed by atoms with van der Waals surface area (Å²) >= 11 is 0. The van der Waals surface area contributed by atoms with E-state index in [0.29, 0.717) is 12.3 Å². The lowest BCUT2D eigenvalue weighted by molar-refractivity contribution is -0.131. The normalized spacial score (nSPS) is 15.3. The van der Waals surface area contributed by atoms with Crippen LogP contribution >= 0.6 is 0 Å². The summed E-state index contributed by atoms with van der Waals surface area (Å²) in [5, 5.41) is 2.40. The van der Waals surface area contributed by atoms with Gasteiger partial charge in [0.05, 0.1) is 6.42 Å². The first-order chi connectivity index (χ1) is 12.8. The van der Waals surface area contributed by atoms with Crippen molar-refractivity contribution in [2.45, 2.75) is 25.7 Å². The number of carbonyl (C=O) groups is 1. The molecule has 0 unspecified atom stereocenters. The quantitative estimate of drug-likeness (QED) is 0.662. The van der Waals surface area contributed by atoms with E-state index < -0.39 is 0 Å². The molecular formula is C24H25NO. The zero-order valence-corrected chi connectivity index (χ0v) is 15.1. The number of benzene rings is 3. The van der Waals surface area contributed by atoms with Gasteiger partial charge >= 0.3 is 0 Å². The largest absolute Gasteiger partial charge is 0.342 e. The minimum Gasteiger partial charge on any atom is -0.342 e. The first-order valence-corrected chi connectivity index (χ1v) is 9.58. The molecule has 3 aromatic carbocycles. The van der Waals surface area contributed by atoms with Gasteiger partial charge in [0.15, 0.2) is 0 Å². The molecule has 0 atom stereocenters. The van der Waals surface area contributed by atoms with Crippen molar-refractivity contribution >= 4 is 16.7 Å². The highest BCUT2D eigenvalue weighted by Gasteiger charge is 2.23. The number of hydrogen-bond donors (Lipinski definition) is 0. The molecule has 1 fully saturated rings. The van der Waals surface area contributed by atoms with E-state index in [4.69, 9.17) is 0 Å². The molecular weight excluding hydrogens is 318 g/mol. The minimum absolute atomic E-state index is 0.263. The van der Waals surface area contributed by atoms with Gasteiger partial charge in [-0.05, 0) is 47.1 Å². The Morgan fingerprint density at radius 3 is 2.35 bits per heavy atom. The second kappa shape index (κ2) is 7.74. The van der Waals surface area contributed by atoms with Crippen LogP contribution in [0.15, 0.2) is 72.8 Å². The highest BCUT2D eigenvalue weighted by Crippen LogP contribution is 2.24. The summed E-state index contributed by atoms with van der Waals surface area (Å²) in [4.78, 5) is 14.9. The van der Waals surface area contributed by atoms with Crippen molar-refractivity contribution in [3.63, 3.8) is 0 Å². The molecule has 0 N–H and O–H groups in total. The maximum atomic E-state index is 12.8. The molecule has 1 aliphatic heterocycles. The third-order valence-corrected chi connectivity index (χ3v) is 5.56. The number of hydrogen-bond acceptors (Lipinski definition) is 1. The zero-order chi connectivity index (χ0) is 17.8. The van der Waals surface area contributed by atoms with Crippen LogP contribution in [0.3, 0.4) is 0 Å². The summed E-state index contributed by atoms with van der Waals surface area (Å²) in [5.74, 6) is 0.957. The van der Waals surface area contributed by atoms with Gasteiger partial charge in [-0.1, -0.05) is 72.8 Å². The van der Waals surface area contributed by atoms with Gasteiger partial charge in [0.25, 0.3) is 0 Å². The van der Waals surface area contributed by atoms with E-state index in [1.54, 1.807) is 0 Å². The second-order valence-corrected chi connectivity index (χ2v) is 7.33. The smallest absolute Gasteiger partial charge is 0.227 e. The lowest BCUT2D eigenvalue weighted by Gasteiger charge is -2.32. The number of likely N-dealkylation sites (tertiary alicyclic amines) is 1. The zero-order valence-electron chi connectivity index (χ0n) is 15.1. The van der Waals surface area contributed by atoms with E-state index in [1.165, 1.54) is 16.3 Å². The van der Waals surface area contributed by atoms with Crippen LogP contribution in [-0.2, 0) is 17.6 Å². The molecule has 0 aromatic heterocycles.